The van der Waals surface area contributed by atoms with Crippen molar-refractivity contribution in [3.63, 3.8) is 0 Å². The summed E-state index contributed by atoms with van der Waals surface area (Å²) in [6.45, 7) is 2.54. The van der Waals surface area contributed by atoms with E-state index < -0.39 is 0 Å². The molecule has 4 rings (SSSR count). The minimum atomic E-state index is 0.283. The number of aromatic nitrogens is 1. The molecule has 1 aliphatic heterocycles. The fourth-order valence-corrected chi connectivity index (χ4v) is 4.74. The van der Waals surface area contributed by atoms with Gasteiger partial charge < -0.3 is 9.88 Å². The minimum absolute atomic E-state index is 0.283. The number of aromatic amines is 1. The molecule has 0 spiro atoms. The van der Waals surface area contributed by atoms with E-state index in [0.717, 1.165) is 32.5 Å². The van der Waals surface area contributed by atoms with Crippen LogP contribution < -0.4 is 0 Å². The molecule has 5 heteroatoms. The molecule has 0 bridgehead atoms. The van der Waals surface area contributed by atoms with Crippen LogP contribution >= 0.6 is 11.8 Å². The number of amides is 1. The van der Waals surface area contributed by atoms with Crippen molar-refractivity contribution < 1.29 is 4.79 Å². The van der Waals surface area contributed by atoms with Crippen LogP contribution in [-0.4, -0.2) is 53.1 Å². The Morgan fingerprint density at radius 3 is 2.90 bits per heavy atom. The Labute approximate surface area is 177 Å². The number of nitrogens with one attached hydrogen (secondary N) is 1. The number of para-hydroxylation sites is 1. The monoisotopic (exact) mass is 407 g/mol. The van der Waals surface area contributed by atoms with Crippen LogP contribution in [0, 0.1) is 0 Å². The van der Waals surface area contributed by atoms with Gasteiger partial charge in [-0.05, 0) is 55.5 Å². The van der Waals surface area contributed by atoms with Gasteiger partial charge in [0.05, 0.1) is 0 Å². The van der Waals surface area contributed by atoms with Crippen LogP contribution in [0.3, 0.4) is 0 Å². The van der Waals surface area contributed by atoms with Crippen molar-refractivity contribution in [2.75, 3.05) is 26.4 Å². The van der Waals surface area contributed by atoms with E-state index in [2.05, 4.69) is 71.8 Å². The van der Waals surface area contributed by atoms with E-state index in [0.29, 0.717) is 12.5 Å². The Hall–Kier alpha value is -2.24. The predicted octanol–water partition coefficient (Wildman–Crippen LogP) is 4.56. The Morgan fingerprint density at radius 2 is 2.07 bits per heavy atom. The maximum absolute atomic E-state index is 12.8. The maximum Gasteiger partial charge on any atom is 0.224 e. The first kappa shape index (κ1) is 20.0. The summed E-state index contributed by atoms with van der Waals surface area (Å²) in [5.74, 6) is 0.283. The number of nitrogens with zero attached hydrogens (tertiary/aromatic N) is 2. The summed E-state index contributed by atoms with van der Waals surface area (Å²) >= 11 is 1.77. The number of piperidine rings is 1. The van der Waals surface area contributed by atoms with Gasteiger partial charge in [-0.3, -0.25) is 9.69 Å². The number of likely N-dealkylation sites (tertiary alicyclic amines) is 1. The van der Waals surface area contributed by atoms with E-state index in [4.69, 9.17) is 0 Å². The van der Waals surface area contributed by atoms with Crippen molar-refractivity contribution in [2.45, 2.75) is 36.7 Å². The number of rotatable bonds is 7. The average molecular weight is 408 g/mol. The topological polar surface area (TPSA) is 39.3 Å². The van der Waals surface area contributed by atoms with Gasteiger partial charge in [-0.15, -0.1) is 11.8 Å². The third-order valence-corrected chi connectivity index (χ3v) is 6.74. The van der Waals surface area contributed by atoms with E-state index in [1.807, 2.05) is 11.0 Å². The zero-order valence-electron chi connectivity index (χ0n) is 17.2. The summed E-state index contributed by atoms with van der Waals surface area (Å²) in [4.78, 5) is 21.8. The van der Waals surface area contributed by atoms with Gasteiger partial charge in [0.25, 0.3) is 0 Å². The van der Waals surface area contributed by atoms with Gasteiger partial charge in [0.1, 0.15) is 0 Å². The zero-order valence-corrected chi connectivity index (χ0v) is 18.0. The second kappa shape index (κ2) is 9.06. The Balaban J connectivity index is 1.31. The normalized spacial score (nSPS) is 17.4. The van der Waals surface area contributed by atoms with E-state index in [1.165, 1.54) is 26.9 Å². The molecule has 4 nitrogen and oxygen atoms in total. The third kappa shape index (κ3) is 4.68. The number of thioether (sulfide) groups is 1. The molecule has 0 radical (unpaired) electrons. The lowest BCUT2D eigenvalue weighted by Crippen LogP contribution is -2.46. The van der Waals surface area contributed by atoms with Crippen molar-refractivity contribution >= 4 is 28.6 Å². The van der Waals surface area contributed by atoms with Gasteiger partial charge in [0, 0.05) is 54.1 Å². The quantitative estimate of drug-likeness (QED) is 0.584. The lowest BCUT2D eigenvalue weighted by atomic mass is 10.0. The SMILES string of the molecule is CSc1cccc(CN(C)C2CCN(CCc3c[nH]c4ccccc34)C(=O)C2)c1. The highest BCUT2D eigenvalue weighted by molar-refractivity contribution is 7.98. The summed E-state index contributed by atoms with van der Waals surface area (Å²) in [7, 11) is 2.14. The smallest absolute Gasteiger partial charge is 0.224 e. The lowest BCUT2D eigenvalue weighted by Gasteiger charge is -2.36. The number of hydrogen-bond donors (Lipinski definition) is 1. The van der Waals surface area contributed by atoms with Gasteiger partial charge in [0.2, 0.25) is 5.91 Å². The Morgan fingerprint density at radius 1 is 1.21 bits per heavy atom. The fraction of sp³-hybridized carbons (Fsp3) is 0.375. The largest absolute Gasteiger partial charge is 0.361 e. The molecule has 1 fully saturated rings. The summed E-state index contributed by atoms with van der Waals surface area (Å²) < 4.78 is 0. The van der Waals surface area contributed by atoms with Crippen LogP contribution in [0.2, 0.25) is 0 Å². The summed E-state index contributed by atoms with van der Waals surface area (Å²) in [5.41, 5.74) is 3.77. The highest BCUT2D eigenvalue weighted by Gasteiger charge is 2.28. The highest BCUT2D eigenvalue weighted by Crippen LogP contribution is 2.23. The number of H-pyrrole nitrogens is 1. The molecular weight excluding hydrogens is 378 g/mol. The van der Waals surface area contributed by atoms with Crippen LogP contribution in [0.15, 0.2) is 59.6 Å². The first-order valence-electron chi connectivity index (χ1n) is 10.3. The molecule has 1 aromatic heterocycles. The van der Waals surface area contributed by atoms with Crippen LogP contribution in [0.25, 0.3) is 10.9 Å². The van der Waals surface area contributed by atoms with Crippen LogP contribution in [0.1, 0.15) is 24.0 Å². The molecule has 1 atom stereocenters. The van der Waals surface area contributed by atoms with Crippen molar-refractivity contribution in [3.05, 3.63) is 65.9 Å². The molecule has 1 aliphatic rings. The summed E-state index contributed by atoms with van der Waals surface area (Å²) in [6, 6.07) is 17.4. The summed E-state index contributed by atoms with van der Waals surface area (Å²) in [6.07, 6.45) is 6.74. The van der Waals surface area contributed by atoms with Crippen LogP contribution in [0.4, 0.5) is 0 Å². The molecule has 1 amide bonds. The number of hydrogen-bond acceptors (Lipinski definition) is 3. The minimum Gasteiger partial charge on any atom is -0.361 e. The van der Waals surface area contributed by atoms with Crippen molar-refractivity contribution in [2.24, 2.45) is 0 Å². The van der Waals surface area contributed by atoms with Gasteiger partial charge in [-0.2, -0.15) is 0 Å². The average Bonchev–Trinajstić information content (AvgIpc) is 3.16. The molecule has 1 saturated heterocycles. The molecule has 2 heterocycles. The van der Waals surface area contributed by atoms with E-state index in [9.17, 15) is 4.79 Å². The van der Waals surface area contributed by atoms with E-state index >= 15 is 0 Å². The molecule has 1 unspecified atom stereocenters. The number of carbonyl (C=O) groups is 1. The number of benzene rings is 2. The third-order valence-electron chi connectivity index (χ3n) is 6.01. The standard InChI is InChI=1S/C24H29N3OS/c1-26(17-18-6-5-7-21(14-18)29-2)20-11-13-27(24(28)15-20)12-10-19-16-25-23-9-4-3-8-22(19)23/h3-9,14,16,20,25H,10-13,15,17H2,1-2H3. The zero-order chi connectivity index (χ0) is 20.2. The highest BCUT2D eigenvalue weighted by atomic mass is 32.2. The molecule has 3 aromatic rings. The van der Waals surface area contributed by atoms with E-state index in [-0.39, 0.29) is 5.91 Å². The van der Waals surface area contributed by atoms with Crippen LogP contribution in [-0.2, 0) is 17.8 Å². The molecule has 2 aromatic carbocycles. The molecule has 1 N–H and O–H groups in total. The molecule has 152 valence electrons. The second-order valence-corrected chi connectivity index (χ2v) is 8.78. The van der Waals surface area contributed by atoms with Crippen molar-refractivity contribution in [1.29, 1.82) is 0 Å². The fourth-order valence-electron chi connectivity index (χ4n) is 4.26. The number of carbonyl (C=O) groups excluding carboxylic acids is 1. The Bertz CT molecular complexity index is 983. The molecule has 29 heavy (non-hydrogen) atoms. The van der Waals surface area contributed by atoms with Crippen LogP contribution in [0.5, 0.6) is 0 Å². The van der Waals surface area contributed by atoms with Gasteiger partial charge >= 0.3 is 0 Å². The van der Waals surface area contributed by atoms with Gasteiger partial charge in [-0.25, -0.2) is 0 Å². The lowest BCUT2D eigenvalue weighted by molar-refractivity contribution is -0.135. The first-order valence-corrected chi connectivity index (χ1v) is 11.5. The maximum atomic E-state index is 12.8. The Kier molecular flexibility index (Phi) is 6.26. The number of fused-ring (bicyclic) bond motifs is 1. The summed E-state index contributed by atoms with van der Waals surface area (Å²) in [5, 5.41) is 1.27. The second-order valence-electron chi connectivity index (χ2n) is 7.90. The predicted molar refractivity (Wildman–Crippen MR) is 121 cm³/mol. The van der Waals surface area contributed by atoms with Crippen molar-refractivity contribution in [3.8, 4) is 0 Å². The van der Waals surface area contributed by atoms with E-state index in [1.54, 1.807) is 11.8 Å². The van der Waals surface area contributed by atoms with Crippen molar-refractivity contribution in [1.82, 2.24) is 14.8 Å². The molecule has 0 aliphatic carbocycles. The molecule has 0 saturated carbocycles. The first-order chi connectivity index (χ1) is 14.1. The van der Waals surface area contributed by atoms with Gasteiger partial charge in [0.15, 0.2) is 0 Å². The van der Waals surface area contributed by atoms with Gasteiger partial charge in [-0.1, -0.05) is 30.3 Å². The molecular formula is C24H29N3OS.